The van der Waals surface area contributed by atoms with E-state index in [0.717, 1.165) is 23.8 Å². The molecule has 2 aromatic heterocycles. The standard InChI is InChI=1S/C14H17N3O/c1-2-5-11(4-1)7-8-13-16-14(17-18-13)12-6-3-9-15-10-12/h3,6,9-11H,1-2,4-5,7-8H2. The molecule has 0 atom stereocenters. The van der Waals surface area contributed by atoms with E-state index in [9.17, 15) is 0 Å². The summed E-state index contributed by atoms with van der Waals surface area (Å²) < 4.78 is 5.29. The molecule has 0 amide bonds. The van der Waals surface area contributed by atoms with Gasteiger partial charge in [-0.25, -0.2) is 0 Å². The van der Waals surface area contributed by atoms with Gasteiger partial charge in [-0.1, -0.05) is 30.8 Å². The number of rotatable bonds is 4. The largest absolute Gasteiger partial charge is 0.339 e. The Bertz CT molecular complexity index is 489. The molecule has 3 rings (SSSR count). The monoisotopic (exact) mass is 243 g/mol. The minimum absolute atomic E-state index is 0.643. The number of aryl methyl sites for hydroxylation is 1. The van der Waals surface area contributed by atoms with E-state index in [4.69, 9.17) is 4.52 Å². The normalized spacial score (nSPS) is 16.2. The van der Waals surface area contributed by atoms with E-state index in [1.807, 2.05) is 12.1 Å². The third-order valence-corrected chi connectivity index (χ3v) is 3.63. The van der Waals surface area contributed by atoms with Gasteiger partial charge in [0.15, 0.2) is 0 Å². The smallest absolute Gasteiger partial charge is 0.226 e. The second-order valence-corrected chi connectivity index (χ2v) is 4.94. The summed E-state index contributed by atoms with van der Waals surface area (Å²) in [5, 5.41) is 4.01. The summed E-state index contributed by atoms with van der Waals surface area (Å²) in [6.07, 6.45) is 11.1. The van der Waals surface area contributed by atoms with E-state index in [1.165, 1.54) is 32.1 Å². The fraction of sp³-hybridized carbons (Fsp3) is 0.500. The first-order valence-corrected chi connectivity index (χ1v) is 6.65. The number of pyridine rings is 1. The molecule has 0 bridgehead atoms. The highest BCUT2D eigenvalue weighted by atomic mass is 16.5. The van der Waals surface area contributed by atoms with Gasteiger partial charge in [-0.05, 0) is 24.5 Å². The zero-order chi connectivity index (χ0) is 12.2. The number of aromatic nitrogens is 3. The van der Waals surface area contributed by atoms with Crippen LogP contribution < -0.4 is 0 Å². The van der Waals surface area contributed by atoms with Crippen molar-refractivity contribution in [2.75, 3.05) is 0 Å². The average Bonchev–Trinajstić information content (AvgIpc) is 3.09. The molecule has 1 saturated carbocycles. The second kappa shape index (κ2) is 5.29. The third kappa shape index (κ3) is 2.58. The molecule has 94 valence electrons. The Balaban J connectivity index is 1.63. The number of nitrogens with zero attached hydrogens (tertiary/aromatic N) is 3. The van der Waals surface area contributed by atoms with E-state index in [0.29, 0.717) is 5.82 Å². The molecule has 0 spiro atoms. The van der Waals surface area contributed by atoms with Crippen LogP contribution in [0.3, 0.4) is 0 Å². The average molecular weight is 243 g/mol. The Labute approximate surface area is 106 Å². The highest BCUT2D eigenvalue weighted by molar-refractivity contribution is 5.51. The molecule has 1 aliphatic rings. The van der Waals surface area contributed by atoms with Crippen molar-refractivity contribution < 1.29 is 4.52 Å². The first-order chi connectivity index (χ1) is 8.92. The maximum atomic E-state index is 5.29. The van der Waals surface area contributed by atoms with Crippen molar-refractivity contribution in [2.24, 2.45) is 5.92 Å². The Morgan fingerprint density at radius 3 is 2.94 bits per heavy atom. The summed E-state index contributed by atoms with van der Waals surface area (Å²) in [5.41, 5.74) is 0.911. The highest BCUT2D eigenvalue weighted by Crippen LogP contribution is 2.28. The molecule has 0 saturated heterocycles. The van der Waals surface area contributed by atoms with Crippen LogP contribution in [0.1, 0.15) is 38.0 Å². The number of hydrogen-bond donors (Lipinski definition) is 0. The van der Waals surface area contributed by atoms with E-state index in [-0.39, 0.29) is 0 Å². The van der Waals surface area contributed by atoms with Crippen LogP contribution in [0.4, 0.5) is 0 Å². The van der Waals surface area contributed by atoms with Crippen LogP contribution in [0.15, 0.2) is 29.0 Å². The lowest BCUT2D eigenvalue weighted by atomic mass is 10.0. The van der Waals surface area contributed by atoms with Gasteiger partial charge in [0, 0.05) is 24.4 Å². The van der Waals surface area contributed by atoms with E-state index >= 15 is 0 Å². The van der Waals surface area contributed by atoms with Crippen LogP contribution in [-0.4, -0.2) is 15.1 Å². The van der Waals surface area contributed by atoms with Gasteiger partial charge >= 0.3 is 0 Å². The van der Waals surface area contributed by atoms with Crippen LogP contribution in [0.2, 0.25) is 0 Å². The van der Waals surface area contributed by atoms with Crippen molar-refractivity contribution in [3.8, 4) is 11.4 Å². The molecule has 0 N–H and O–H groups in total. The van der Waals surface area contributed by atoms with Crippen molar-refractivity contribution in [3.63, 3.8) is 0 Å². The molecule has 4 heteroatoms. The molecule has 0 unspecified atom stereocenters. The molecule has 0 aromatic carbocycles. The summed E-state index contributed by atoms with van der Waals surface area (Å²) >= 11 is 0. The van der Waals surface area contributed by atoms with Gasteiger partial charge in [-0.2, -0.15) is 4.98 Å². The van der Waals surface area contributed by atoms with Crippen molar-refractivity contribution >= 4 is 0 Å². The van der Waals surface area contributed by atoms with Crippen molar-refractivity contribution in [1.29, 1.82) is 0 Å². The maximum absolute atomic E-state index is 5.29. The zero-order valence-corrected chi connectivity index (χ0v) is 10.4. The van der Waals surface area contributed by atoms with E-state index in [1.54, 1.807) is 12.4 Å². The predicted molar refractivity (Wildman–Crippen MR) is 67.8 cm³/mol. The van der Waals surface area contributed by atoms with Crippen LogP contribution in [0.5, 0.6) is 0 Å². The second-order valence-electron chi connectivity index (χ2n) is 4.94. The summed E-state index contributed by atoms with van der Waals surface area (Å²) in [4.78, 5) is 8.48. The van der Waals surface area contributed by atoms with Gasteiger partial charge in [0.1, 0.15) is 0 Å². The highest BCUT2D eigenvalue weighted by Gasteiger charge is 2.16. The predicted octanol–water partition coefficient (Wildman–Crippen LogP) is 3.25. The number of hydrogen-bond acceptors (Lipinski definition) is 4. The van der Waals surface area contributed by atoms with E-state index < -0.39 is 0 Å². The minimum Gasteiger partial charge on any atom is -0.339 e. The first-order valence-electron chi connectivity index (χ1n) is 6.65. The Kier molecular flexibility index (Phi) is 3.35. The maximum Gasteiger partial charge on any atom is 0.226 e. The molecule has 1 fully saturated rings. The molecule has 2 heterocycles. The lowest BCUT2D eigenvalue weighted by molar-refractivity contribution is 0.362. The molecule has 1 aliphatic carbocycles. The first kappa shape index (κ1) is 11.4. The Morgan fingerprint density at radius 1 is 1.28 bits per heavy atom. The Hall–Kier alpha value is -1.71. The van der Waals surface area contributed by atoms with Gasteiger partial charge in [-0.15, -0.1) is 0 Å². The molecule has 2 aromatic rings. The summed E-state index contributed by atoms with van der Waals surface area (Å²) in [7, 11) is 0. The fourth-order valence-electron chi connectivity index (χ4n) is 2.60. The lowest BCUT2D eigenvalue weighted by Gasteiger charge is -2.04. The molecule has 4 nitrogen and oxygen atoms in total. The van der Waals surface area contributed by atoms with Gasteiger partial charge in [0.2, 0.25) is 11.7 Å². The third-order valence-electron chi connectivity index (χ3n) is 3.63. The molecule has 18 heavy (non-hydrogen) atoms. The van der Waals surface area contributed by atoms with Crippen molar-refractivity contribution in [3.05, 3.63) is 30.4 Å². The van der Waals surface area contributed by atoms with Gasteiger partial charge in [0.05, 0.1) is 0 Å². The Morgan fingerprint density at radius 2 is 2.17 bits per heavy atom. The van der Waals surface area contributed by atoms with Crippen LogP contribution in [0.25, 0.3) is 11.4 Å². The summed E-state index contributed by atoms with van der Waals surface area (Å²) in [5.74, 6) is 2.25. The lowest BCUT2D eigenvalue weighted by Crippen LogP contribution is -1.96. The van der Waals surface area contributed by atoms with Gasteiger partial charge in [0.25, 0.3) is 0 Å². The topological polar surface area (TPSA) is 51.8 Å². The molecular weight excluding hydrogens is 226 g/mol. The van der Waals surface area contributed by atoms with Crippen LogP contribution >= 0.6 is 0 Å². The zero-order valence-electron chi connectivity index (χ0n) is 10.4. The quantitative estimate of drug-likeness (QED) is 0.827. The van der Waals surface area contributed by atoms with Gasteiger partial charge in [-0.3, -0.25) is 4.98 Å². The van der Waals surface area contributed by atoms with Crippen molar-refractivity contribution in [1.82, 2.24) is 15.1 Å². The molecule has 0 radical (unpaired) electrons. The van der Waals surface area contributed by atoms with E-state index in [2.05, 4.69) is 15.1 Å². The van der Waals surface area contributed by atoms with Gasteiger partial charge < -0.3 is 4.52 Å². The van der Waals surface area contributed by atoms with Crippen LogP contribution in [0, 0.1) is 5.92 Å². The van der Waals surface area contributed by atoms with Crippen molar-refractivity contribution in [2.45, 2.75) is 38.5 Å². The fourth-order valence-corrected chi connectivity index (χ4v) is 2.60. The molecular formula is C14H17N3O. The molecule has 0 aliphatic heterocycles. The summed E-state index contributed by atoms with van der Waals surface area (Å²) in [6.45, 7) is 0. The minimum atomic E-state index is 0.643. The van der Waals surface area contributed by atoms with Crippen LogP contribution in [-0.2, 0) is 6.42 Å². The summed E-state index contributed by atoms with van der Waals surface area (Å²) in [6, 6.07) is 3.82. The SMILES string of the molecule is c1cncc(-c2noc(CCC3CCCC3)n2)c1.